The van der Waals surface area contributed by atoms with Gasteiger partial charge in [-0.15, -0.1) is 0 Å². The number of ether oxygens (including phenoxy) is 2. The Kier molecular flexibility index (Phi) is 8.29. The molecule has 1 fully saturated rings. The van der Waals surface area contributed by atoms with Gasteiger partial charge in [0.2, 0.25) is 5.91 Å². The molecular formula is C21H30N2O5. The fourth-order valence-electron chi connectivity index (χ4n) is 2.92. The van der Waals surface area contributed by atoms with Gasteiger partial charge in [0, 0.05) is 13.1 Å². The van der Waals surface area contributed by atoms with Gasteiger partial charge in [-0.25, -0.2) is 0 Å². The Morgan fingerprint density at radius 3 is 2.71 bits per heavy atom. The normalized spacial score (nSPS) is 16.6. The van der Waals surface area contributed by atoms with Gasteiger partial charge in [0.25, 0.3) is 5.91 Å². The van der Waals surface area contributed by atoms with Crippen LogP contribution in [0, 0.1) is 5.92 Å². The lowest BCUT2D eigenvalue weighted by Gasteiger charge is -2.34. The topological polar surface area (TPSA) is 84.9 Å². The van der Waals surface area contributed by atoms with E-state index in [2.05, 4.69) is 19.2 Å². The molecule has 0 saturated carbocycles. The number of hydrogen-bond acceptors (Lipinski definition) is 5. The van der Waals surface area contributed by atoms with Gasteiger partial charge in [-0.05, 0) is 30.9 Å². The van der Waals surface area contributed by atoms with Crippen LogP contribution in [0.15, 0.2) is 24.3 Å². The summed E-state index contributed by atoms with van der Waals surface area (Å²) in [5.41, 5.74) is 0.396. The summed E-state index contributed by atoms with van der Waals surface area (Å²) in [6.07, 6.45) is 1.42. The van der Waals surface area contributed by atoms with Gasteiger partial charge in [0.1, 0.15) is 11.8 Å². The Balaban J connectivity index is 2.15. The maximum absolute atomic E-state index is 13.2. The molecule has 7 nitrogen and oxygen atoms in total. The van der Waals surface area contributed by atoms with Crippen LogP contribution in [0.1, 0.15) is 50.4 Å². The molecule has 1 N–H and O–H groups in total. The summed E-state index contributed by atoms with van der Waals surface area (Å²) in [6.45, 7) is 7.59. The van der Waals surface area contributed by atoms with E-state index in [1.54, 1.807) is 18.2 Å². The van der Waals surface area contributed by atoms with Gasteiger partial charge in [0.15, 0.2) is 0 Å². The van der Waals surface area contributed by atoms with Crippen molar-refractivity contribution in [2.24, 2.45) is 5.92 Å². The number of rotatable bonds is 9. The highest BCUT2D eigenvalue weighted by Crippen LogP contribution is 2.23. The highest BCUT2D eigenvalue weighted by atomic mass is 16.5. The third-order valence-corrected chi connectivity index (χ3v) is 4.49. The van der Waals surface area contributed by atoms with Crippen LogP contribution in [0.25, 0.3) is 0 Å². The van der Waals surface area contributed by atoms with Crippen molar-refractivity contribution in [1.82, 2.24) is 10.2 Å². The van der Waals surface area contributed by atoms with E-state index in [0.717, 1.165) is 6.42 Å². The molecule has 2 rings (SSSR count). The molecule has 0 aliphatic carbocycles. The van der Waals surface area contributed by atoms with Crippen LogP contribution >= 0.6 is 0 Å². The van der Waals surface area contributed by atoms with Crippen molar-refractivity contribution in [3.63, 3.8) is 0 Å². The Morgan fingerprint density at radius 1 is 1.25 bits per heavy atom. The van der Waals surface area contributed by atoms with E-state index in [-0.39, 0.29) is 18.2 Å². The molecule has 1 unspecified atom stereocenters. The van der Waals surface area contributed by atoms with Crippen molar-refractivity contribution in [2.75, 3.05) is 26.3 Å². The van der Waals surface area contributed by atoms with Crippen LogP contribution < -0.4 is 10.1 Å². The Morgan fingerprint density at radius 2 is 2.00 bits per heavy atom. The fraction of sp³-hybridized carbons (Fsp3) is 0.571. The number of hydrogen-bond donors (Lipinski definition) is 1. The van der Waals surface area contributed by atoms with Gasteiger partial charge in [0.05, 0.1) is 25.2 Å². The monoisotopic (exact) mass is 390 g/mol. The van der Waals surface area contributed by atoms with E-state index in [0.29, 0.717) is 50.0 Å². The minimum atomic E-state index is -0.880. The average Bonchev–Trinajstić information content (AvgIpc) is 2.67. The molecule has 0 aromatic heterocycles. The predicted molar refractivity (Wildman–Crippen MR) is 105 cm³/mol. The van der Waals surface area contributed by atoms with Gasteiger partial charge >= 0.3 is 5.97 Å². The van der Waals surface area contributed by atoms with Gasteiger partial charge in [-0.2, -0.15) is 0 Å². The summed E-state index contributed by atoms with van der Waals surface area (Å²) in [5.74, 6) is -0.156. The molecule has 2 amide bonds. The van der Waals surface area contributed by atoms with Crippen LogP contribution in [0.3, 0.4) is 0 Å². The Hall–Kier alpha value is -2.57. The maximum atomic E-state index is 13.2. The summed E-state index contributed by atoms with van der Waals surface area (Å²) >= 11 is 0. The predicted octanol–water partition coefficient (Wildman–Crippen LogP) is 2.40. The van der Waals surface area contributed by atoms with Crippen molar-refractivity contribution >= 4 is 17.8 Å². The van der Waals surface area contributed by atoms with Crippen molar-refractivity contribution in [3.8, 4) is 5.75 Å². The van der Waals surface area contributed by atoms with E-state index in [4.69, 9.17) is 9.47 Å². The second-order valence-electron chi connectivity index (χ2n) is 7.26. The molecule has 1 atom stereocenters. The zero-order valence-corrected chi connectivity index (χ0v) is 16.9. The number of nitrogens with one attached hydrogen (secondary N) is 1. The number of carbonyl (C=O) groups is 3. The van der Waals surface area contributed by atoms with Crippen molar-refractivity contribution in [3.05, 3.63) is 29.8 Å². The molecule has 1 heterocycles. The fourth-order valence-corrected chi connectivity index (χ4v) is 2.92. The summed E-state index contributed by atoms with van der Waals surface area (Å²) < 4.78 is 10.9. The standard InChI is InChI=1S/C21H30N2O5/c1-4-12-28-19(24)14-17-20(25)22-10-11-23(17)21(26)16-7-5-6-8-18(16)27-13-9-15(2)3/h5-8,15,17H,4,9-14H2,1-3H3,(H,22,25). The van der Waals surface area contributed by atoms with Gasteiger partial charge in [-0.3, -0.25) is 14.4 Å². The molecule has 1 aliphatic rings. The van der Waals surface area contributed by atoms with E-state index < -0.39 is 12.0 Å². The second-order valence-corrected chi connectivity index (χ2v) is 7.26. The molecule has 0 radical (unpaired) electrons. The highest BCUT2D eigenvalue weighted by Gasteiger charge is 2.36. The number of esters is 1. The van der Waals surface area contributed by atoms with Crippen molar-refractivity contribution in [2.45, 2.75) is 46.1 Å². The number of piperazine rings is 1. The Labute approximate surface area is 166 Å². The summed E-state index contributed by atoms with van der Waals surface area (Å²) in [5, 5.41) is 2.72. The minimum absolute atomic E-state index is 0.159. The summed E-state index contributed by atoms with van der Waals surface area (Å²) in [4.78, 5) is 39.0. The molecule has 28 heavy (non-hydrogen) atoms. The largest absolute Gasteiger partial charge is 0.493 e. The van der Waals surface area contributed by atoms with E-state index in [1.165, 1.54) is 4.90 Å². The average molecular weight is 390 g/mol. The number of para-hydroxylation sites is 1. The summed E-state index contributed by atoms with van der Waals surface area (Å²) in [7, 11) is 0. The molecule has 1 aromatic carbocycles. The zero-order valence-electron chi connectivity index (χ0n) is 16.9. The molecule has 7 heteroatoms. The second kappa shape index (κ2) is 10.7. The highest BCUT2D eigenvalue weighted by molar-refractivity contribution is 6.01. The van der Waals surface area contributed by atoms with E-state index in [1.807, 2.05) is 13.0 Å². The maximum Gasteiger partial charge on any atom is 0.308 e. The van der Waals surface area contributed by atoms with Crippen LogP contribution in [-0.4, -0.2) is 55.0 Å². The van der Waals surface area contributed by atoms with E-state index in [9.17, 15) is 14.4 Å². The van der Waals surface area contributed by atoms with Crippen LogP contribution in [0.5, 0.6) is 5.75 Å². The molecular weight excluding hydrogens is 360 g/mol. The molecule has 0 bridgehead atoms. The molecule has 1 aliphatic heterocycles. The first-order valence-electron chi connectivity index (χ1n) is 9.90. The molecule has 154 valence electrons. The third kappa shape index (κ3) is 5.97. The zero-order chi connectivity index (χ0) is 20.5. The summed E-state index contributed by atoms with van der Waals surface area (Å²) in [6, 6.07) is 6.13. The van der Waals surface area contributed by atoms with Crippen LogP contribution in [0.4, 0.5) is 0 Å². The van der Waals surface area contributed by atoms with E-state index >= 15 is 0 Å². The molecule has 1 saturated heterocycles. The Bertz CT molecular complexity index is 689. The first-order chi connectivity index (χ1) is 13.4. The lowest BCUT2D eigenvalue weighted by Crippen LogP contribution is -2.57. The number of benzene rings is 1. The third-order valence-electron chi connectivity index (χ3n) is 4.49. The van der Waals surface area contributed by atoms with Gasteiger partial charge < -0.3 is 19.7 Å². The van der Waals surface area contributed by atoms with Crippen molar-refractivity contribution in [1.29, 1.82) is 0 Å². The first kappa shape index (κ1) is 21.7. The first-order valence-corrected chi connectivity index (χ1v) is 9.90. The molecule has 0 spiro atoms. The quantitative estimate of drug-likeness (QED) is 0.655. The van der Waals surface area contributed by atoms with Crippen LogP contribution in [-0.2, 0) is 14.3 Å². The van der Waals surface area contributed by atoms with Crippen molar-refractivity contribution < 1.29 is 23.9 Å². The minimum Gasteiger partial charge on any atom is -0.493 e. The molecule has 1 aromatic rings. The number of amides is 2. The SMILES string of the molecule is CCCOC(=O)CC1C(=O)NCCN1C(=O)c1ccccc1OCCC(C)C. The van der Waals surface area contributed by atoms with Crippen LogP contribution in [0.2, 0.25) is 0 Å². The lowest BCUT2D eigenvalue weighted by molar-refractivity contribution is -0.147. The number of carbonyl (C=O) groups excluding carboxylic acids is 3. The smallest absolute Gasteiger partial charge is 0.308 e. The lowest BCUT2D eigenvalue weighted by atomic mass is 10.1. The van der Waals surface area contributed by atoms with Gasteiger partial charge in [-0.1, -0.05) is 32.9 Å². The number of nitrogens with zero attached hydrogens (tertiary/aromatic N) is 1.